The average Bonchev–Trinajstić information content (AvgIpc) is 3.02. The Hall–Kier alpha value is -1.59. The number of piperidine rings is 1. The molecule has 2 amide bonds. The highest BCUT2D eigenvalue weighted by molar-refractivity contribution is 5.89. The van der Waals surface area contributed by atoms with E-state index in [0.717, 1.165) is 25.1 Å². The molecule has 0 radical (unpaired) electrons. The molecule has 0 saturated carbocycles. The predicted octanol–water partition coefficient (Wildman–Crippen LogP) is 2.13. The lowest BCUT2D eigenvalue weighted by atomic mass is 9.99. The average molecular weight is 366 g/mol. The van der Waals surface area contributed by atoms with Gasteiger partial charge in [0.25, 0.3) is 0 Å². The number of hydrogen-bond donors (Lipinski definition) is 2. The van der Waals surface area contributed by atoms with Crippen LogP contribution in [0, 0.1) is 11.8 Å². The first kappa shape index (κ1) is 19.7. The summed E-state index contributed by atoms with van der Waals surface area (Å²) < 4.78 is 0. The van der Waals surface area contributed by atoms with Crippen LogP contribution in [0.5, 0.6) is 0 Å². The molecule has 0 aliphatic carbocycles. The minimum Gasteiger partial charge on any atom is -0.355 e. The van der Waals surface area contributed by atoms with Crippen LogP contribution in [0.25, 0.3) is 0 Å². The van der Waals surface area contributed by atoms with Crippen molar-refractivity contribution in [3.8, 4) is 0 Å². The first-order valence-electron chi connectivity index (χ1n) is 8.98. The van der Waals surface area contributed by atoms with Crippen LogP contribution in [0.2, 0.25) is 0 Å². The summed E-state index contributed by atoms with van der Waals surface area (Å²) in [6.07, 6.45) is 2.66. The van der Waals surface area contributed by atoms with Gasteiger partial charge in [-0.05, 0) is 44.3 Å². The van der Waals surface area contributed by atoms with Gasteiger partial charge in [0.2, 0.25) is 11.8 Å². The molecule has 6 heteroatoms. The summed E-state index contributed by atoms with van der Waals surface area (Å²) >= 11 is 0. The molecule has 2 aliphatic rings. The van der Waals surface area contributed by atoms with E-state index in [-0.39, 0.29) is 36.2 Å². The fourth-order valence-corrected chi connectivity index (χ4v) is 3.68. The quantitative estimate of drug-likeness (QED) is 0.840. The molecule has 2 saturated heterocycles. The number of nitrogens with zero attached hydrogens (tertiary/aromatic N) is 1. The van der Waals surface area contributed by atoms with Gasteiger partial charge in [-0.2, -0.15) is 0 Å². The van der Waals surface area contributed by atoms with Crippen LogP contribution in [0.1, 0.15) is 37.8 Å². The van der Waals surface area contributed by atoms with Crippen LogP contribution in [-0.4, -0.2) is 42.9 Å². The second kappa shape index (κ2) is 9.20. The summed E-state index contributed by atoms with van der Waals surface area (Å²) in [6, 6.07) is 10.0. The van der Waals surface area contributed by atoms with Crippen molar-refractivity contribution < 1.29 is 9.59 Å². The molecule has 5 nitrogen and oxygen atoms in total. The van der Waals surface area contributed by atoms with Crippen molar-refractivity contribution in [3.63, 3.8) is 0 Å². The molecule has 2 heterocycles. The second-order valence-electron chi connectivity index (χ2n) is 6.99. The van der Waals surface area contributed by atoms with E-state index in [2.05, 4.69) is 10.6 Å². The third-order valence-electron chi connectivity index (χ3n) is 5.24. The number of nitrogens with one attached hydrogen (secondary N) is 2. The zero-order valence-corrected chi connectivity index (χ0v) is 15.6. The molecule has 25 heavy (non-hydrogen) atoms. The fraction of sp³-hybridized carbons (Fsp3) is 0.579. The number of carbonyl (C=O) groups is 2. The van der Waals surface area contributed by atoms with Gasteiger partial charge in [-0.25, -0.2) is 0 Å². The van der Waals surface area contributed by atoms with Gasteiger partial charge in [0.05, 0.1) is 12.0 Å². The largest absolute Gasteiger partial charge is 0.355 e. The molecule has 138 valence electrons. The molecule has 3 atom stereocenters. The van der Waals surface area contributed by atoms with Gasteiger partial charge in [-0.1, -0.05) is 30.3 Å². The van der Waals surface area contributed by atoms with E-state index in [0.29, 0.717) is 25.4 Å². The topological polar surface area (TPSA) is 61.4 Å². The fourth-order valence-electron chi connectivity index (χ4n) is 3.68. The lowest BCUT2D eigenvalue weighted by Crippen LogP contribution is -2.40. The smallest absolute Gasteiger partial charge is 0.225 e. The van der Waals surface area contributed by atoms with Gasteiger partial charge < -0.3 is 15.5 Å². The molecule has 0 spiro atoms. The van der Waals surface area contributed by atoms with E-state index in [9.17, 15) is 9.59 Å². The molecule has 2 fully saturated rings. The third kappa shape index (κ3) is 4.95. The van der Waals surface area contributed by atoms with E-state index in [1.54, 1.807) is 0 Å². The van der Waals surface area contributed by atoms with Gasteiger partial charge in [0, 0.05) is 19.5 Å². The van der Waals surface area contributed by atoms with Crippen LogP contribution in [0.4, 0.5) is 0 Å². The number of amides is 2. The first-order chi connectivity index (χ1) is 11.6. The number of likely N-dealkylation sites (tertiary alicyclic amines) is 1. The van der Waals surface area contributed by atoms with E-state index >= 15 is 0 Å². The Labute approximate surface area is 155 Å². The number of hydrogen-bond acceptors (Lipinski definition) is 3. The molecule has 1 aromatic carbocycles. The van der Waals surface area contributed by atoms with E-state index in [4.69, 9.17) is 0 Å². The molecule has 0 aromatic heterocycles. The predicted molar refractivity (Wildman–Crippen MR) is 101 cm³/mol. The van der Waals surface area contributed by atoms with Crippen molar-refractivity contribution in [2.24, 2.45) is 11.8 Å². The summed E-state index contributed by atoms with van der Waals surface area (Å²) in [5.41, 5.74) is 1.11. The van der Waals surface area contributed by atoms with Crippen LogP contribution in [-0.2, 0) is 9.59 Å². The molecule has 0 bridgehead atoms. The minimum atomic E-state index is -0.222. The standard InChI is InChI=1S/C19H27N3O2.ClH/c1-14(16-7-3-2-4-8-16)22-13-17(10-18(22)23)19(24)21-12-15-6-5-9-20-11-15;/h2-4,7-8,14-15,17,20H,5-6,9-13H2,1H3,(H,21,24);1H. The van der Waals surface area contributed by atoms with Gasteiger partial charge in [0.1, 0.15) is 0 Å². The van der Waals surface area contributed by atoms with Gasteiger partial charge in [0.15, 0.2) is 0 Å². The van der Waals surface area contributed by atoms with E-state index < -0.39 is 0 Å². The first-order valence-corrected chi connectivity index (χ1v) is 8.98. The van der Waals surface area contributed by atoms with E-state index in [1.165, 1.54) is 6.42 Å². The van der Waals surface area contributed by atoms with Crippen molar-refractivity contribution in [3.05, 3.63) is 35.9 Å². The number of carbonyl (C=O) groups excluding carboxylic acids is 2. The Balaban J connectivity index is 0.00000225. The highest BCUT2D eigenvalue weighted by Gasteiger charge is 2.37. The zero-order chi connectivity index (χ0) is 16.9. The van der Waals surface area contributed by atoms with E-state index in [1.807, 2.05) is 42.2 Å². The lowest BCUT2D eigenvalue weighted by Gasteiger charge is -2.25. The second-order valence-corrected chi connectivity index (χ2v) is 6.99. The molecule has 3 unspecified atom stereocenters. The van der Waals surface area contributed by atoms with Crippen LogP contribution in [0.3, 0.4) is 0 Å². The summed E-state index contributed by atoms with van der Waals surface area (Å²) in [7, 11) is 0. The van der Waals surface area contributed by atoms with Crippen molar-refractivity contribution >= 4 is 24.2 Å². The number of benzene rings is 1. The summed E-state index contributed by atoms with van der Waals surface area (Å²) in [5, 5.41) is 6.42. The molecular formula is C19H28ClN3O2. The van der Waals surface area contributed by atoms with Gasteiger partial charge >= 0.3 is 0 Å². The van der Waals surface area contributed by atoms with Crippen LogP contribution >= 0.6 is 12.4 Å². The molecule has 3 rings (SSSR count). The summed E-state index contributed by atoms with van der Waals surface area (Å²) in [4.78, 5) is 26.6. The van der Waals surface area contributed by atoms with Gasteiger partial charge in [-0.3, -0.25) is 9.59 Å². The Morgan fingerprint density at radius 2 is 2.12 bits per heavy atom. The number of halogens is 1. The number of rotatable bonds is 5. The normalized spacial score (nSPS) is 24.5. The maximum absolute atomic E-state index is 12.4. The minimum absolute atomic E-state index is 0. The molecule has 2 aliphatic heterocycles. The van der Waals surface area contributed by atoms with Crippen molar-refractivity contribution in [1.29, 1.82) is 0 Å². The Morgan fingerprint density at radius 1 is 1.36 bits per heavy atom. The highest BCUT2D eigenvalue weighted by atomic mass is 35.5. The van der Waals surface area contributed by atoms with Crippen LogP contribution < -0.4 is 10.6 Å². The van der Waals surface area contributed by atoms with Crippen LogP contribution in [0.15, 0.2) is 30.3 Å². The lowest BCUT2D eigenvalue weighted by molar-refractivity contribution is -0.130. The third-order valence-corrected chi connectivity index (χ3v) is 5.24. The summed E-state index contributed by atoms with van der Waals surface area (Å²) in [6.45, 7) is 5.31. The Bertz CT molecular complexity index is 575. The molecule has 2 N–H and O–H groups in total. The Morgan fingerprint density at radius 3 is 2.80 bits per heavy atom. The maximum atomic E-state index is 12.4. The van der Waals surface area contributed by atoms with Gasteiger partial charge in [-0.15, -0.1) is 12.4 Å². The van der Waals surface area contributed by atoms with Crippen molar-refractivity contribution in [2.75, 3.05) is 26.2 Å². The monoisotopic (exact) mass is 365 g/mol. The highest BCUT2D eigenvalue weighted by Crippen LogP contribution is 2.28. The van der Waals surface area contributed by atoms with Crippen molar-refractivity contribution in [1.82, 2.24) is 15.5 Å². The maximum Gasteiger partial charge on any atom is 0.225 e. The summed E-state index contributed by atoms with van der Waals surface area (Å²) in [5.74, 6) is 0.391. The molecular weight excluding hydrogens is 338 g/mol. The molecule has 1 aromatic rings. The van der Waals surface area contributed by atoms with Crippen molar-refractivity contribution in [2.45, 2.75) is 32.2 Å². The SMILES string of the molecule is CC(c1ccccc1)N1CC(C(=O)NCC2CCCNC2)CC1=O.Cl. The Kier molecular flexibility index (Phi) is 7.26. The zero-order valence-electron chi connectivity index (χ0n) is 14.7.